The van der Waals surface area contributed by atoms with Crippen LogP contribution in [0.1, 0.15) is 37.8 Å². The summed E-state index contributed by atoms with van der Waals surface area (Å²) < 4.78 is 11.4. The van der Waals surface area contributed by atoms with Crippen molar-refractivity contribution in [2.75, 3.05) is 26.9 Å². The summed E-state index contributed by atoms with van der Waals surface area (Å²) in [5.41, 5.74) is 1.01. The van der Waals surface area contributed by atoms with E-state index in [0.29, 0.717) is 0 Å². The standard InChI is InChI=1S/C15H24N2O2/c1-3-8-17-14(13-5-4-9-16-12-13)15(18-2)6-10-19-11-7-15/h4-5,9,12,14,17H,3,6-8,10-11H2,1-2H3. The molecule has 1 aliphatic heterocycles. The Labute approximate surface area is 115 Å². The van der Waals surface area contributed by atoms with Crippen molar-refractivity contribution in [1.29, 1.82) is 0 Å². The van der Waals surface area contributed by atoms with Crippen molar-refractivity contribution in [1.82, 2.24) is 10.3 Å². The minimum atomic E-state index is -0.184. The zero-order valence-electron chi connectivity index (χ0n) is 11.9. The molecule has 0 bridgehead atoms. The van der Waals surface area contributed by atoms with E-state index in [1.54, 1.807) is 0 Å². The minimum Gasteiger partial charge on any atom is -0.381 e. The van der Waals surface area contributed by atoms with E-state index in [9.17, 15) is 0 Å². The maximum atomic E-state index is 5.92. The number of hydrogen-bond donors (Lipinski definition) is 1. The first-order valence-corrected chi connectivity index (χ1v) is 7.08. The predicted octanol–water partition coefficient (Wildman–Crippen LogP) is 2.32. The van der Waals surface area contributed by atoms with Gasteiger partial charge < -0.3 is 14.8 Å². The topological polar surface area (TPSA) is 43.4 Å². The zero-order chi connectivity index (χ0) is 13.6. The van der Waals surface area contributed by atoms with Crippen LogP contribution in [-0.4, -0.2) is 37.5 Å². The van der Waals surface area contributed by atoms with Crippen LogP contribution < -0.4 is 5.32 Å². The van der Waals surface area contributed by atoms with Gasteiger partial charge in [-0.25, -0.2) is 0 Å². The SMILES string of the molecule is CCCNC(c1cccnc1)C1(OC)CCOCC1. The zero-order valence-corrected chi connectivity index (χ0v) is 11.9. The smallest absolute Gasteiger partial charge is 0.0916 e. The molecule has 1 N–H and O–H groups in total. The normalized spacial score (nSPS) is 20.1. The monoisotopic (exact) mass is 264 g/mol. The van der Waals surface area contributed by atoms with Crippen LogP contribution in [0.4, 0.5) is 0 Å². The van der Waals surface area contributed by atoms with E-state index in [-0.39, 0.29) is 11.6 Å². The Morgan fingerprint density at radius 2 is 2.26 bits per heavy atom. The lowest BCUT2D eigenvalue weighted by Gasteiger charge is -2.42. The first kappa shape index (κ1) is 14.4. The van der Waals surface area contributed by atoms with Crippen molar-refractivity contribution in [3.8, 4) is 0 Å². The molecule has 0 aromatic carbocycles. The van der Waals surface area contributed by atoms with E-state index >= 15 is 0 Å². The highest BCUT2D eigenvalue weighted by Gasteiger charge is 2.41. The first-order valence-electron chi connectivity index (χ1n) is 7.08. The molecule has 0 aliphatic carbocycles. The highest BCUT2D eigenvalue weighted by atomic mass is 16.5. The molecule has 0 amide bonds. The minimum absolute atomic E-state index is 0.176. The van der Waals surface area contributed by atoms with Gasteiger partial charge in [0.05, 0.1) is 11.6 Å². The molecule has 1 aromatic rings. The summed E-state index contributed by atoms with van der Waals surface area (Å²) in [4.78, 5) is 4.25. The highest BCUT2D eigenvalue weighted by Crippen LogP contribution is 2.37. The van der Waals surface area contributed by atoms with Crippen molar-refractivity contribution in [2.45, 2.75) is 37.8 Å². The number of methoxy groups -OCH3 is 1. The molecule has 0 saturated carbocycles. The molecule has 0 spiro atoms. The third kappa shape index (κ3) is 3.32. The van der Waals surface area contributed by atoms with Crippen molar-refractivity contribution >= 4 is 0 Å². The Morgan fingerprint density at radius 1 is 1.47 bits per heavy atom. The van der Waals surface area contributed by atoms with Crippen molar-refractivity contribution in [3.63, 3.8) is 0 Å². The third-order valence-corrected chi connectivity index (χ3v) is 3.89. The van der Waals surface area contributed by atoms with Gasteiger partial charge in [0, 0.05) is 45.6 Å². The summed E-state index contributed by atoms with van der Waals surface area (Å²) in [6.07, 6.45) is 6.68. The average molecular weight is 264 g/mol. The third-order valence-electron chi connectivity index (χ3n) is 3.89. The Morgan fingerprint density at radius 3 is 2.84 bits per heavy atom. The fourth-order valence-corrected chi connectivity index (χ4v) is 2.77. The molecular weight excluding hydrogens is 240 g/mol. The molecule has 1 unspecified atom stereocenters. The predicted molar refractivity (Wildman–Crippen MR) is 75.1 cm³/mol. The summed E-state index contributed by atoms with van der Waals surface area (Å²) in [6.45, 7) is 4.68. The van der Waals surface area contributed by atoms with Crippen LogP contribution in [-0.2, 0) is 9.47 Å². The van der Waals surface area contributed by atoms with Crippen molar-refractivity contribution in [3.05, 3.63) is 30.1 Å². The number of ether oxygens (including phenoxy) is 2. The van der Waals surface area contributed by atoms with Crippen LogP contribution >= 0.6 is 0 Å². The van der Waals surface area contributed by atoms with Crippen LogP contribution in [0, 0.1) is 0 Å². The van der Waals surface area contributed by atoms with Crippen molar-refractivity contribution in [2.24, 2.45) is 0 Å². The molecular formula is C15H24N2O2. The molecule has 4 heteroatoms. The number of rotatable bonds is 6. The number of aromatic nitrogens is 1. The molecule has 106 valence electrons. The molecule has 2 heterocycles. The van der Waals surface area contributed by atoms with Gasteiger partial charge in [-0.2, -0.15) is 0 Å². The Hall–Kier alpha value is -0.970. The van der Waals surface area contributed by atoms with Gasteiger partial charge in [0.1, 0.15) is 0 Å². The average Bonchev–Trinajstić information content (AvgIpc) is 2.49. The Kier molecular flexibility index (Phi) is 5.31. The molecule has 4 nitrogen and oxygen atoms in total. The van der Waals surface area contributed by atoms with E-state index in [1.165, 1.54) is 5.56 Å². The maximum Gasteiger partial charge on any atom is 0.0916 e. The summed E-state index contributed by atoms with van der Waals surface area (Å²) >= 11 is 0. The van der Waals surface area contributed by atoms with Gasteiger partial charge in [0.25, 0.3) is 0 Å². The van der Waals surface area contributed by atoms with Gasteiger partial charge in [0.2, 0.25) is 0 Å². The molecule has 1 atom stereocenters. The van der Waals surface area contributed by atoms with E-state index in [2.05, 4.69) is 23.3 Å². The summed E-state index contributed by atoms with van der Waals surface area (Å²) in [5.74, 6) is 0. The quantitative estimate of drug-likeness (QED) is 0.856. The second kappa shape index (κ2) is 6.98. The Bertz CT molecular complexity index is 364. The molecule has 0 radical (unpaired) electrons. The van der Waals surface area contributed by atoms with Crippen LogP contribution in [0.5, 0.6) is 0 Å². The van der Waals surface area contributed by atoms with E-state index in [0.717, 1.165) is 39.0 Å². The number of nitrogens with zero attached hydrogens (tertiary/aromatic N) is 1. The van der Waals surface area contributed by atoms with Gasteiger partial charge in [-0.1, -0.05) is 13.0 Å². The van der Waals surface area contributed by atoms with Gasteiger partial charge in [-0.05, 0) is 24.6 Å². The summed E-state index contributed by atoms with van der Waals surface area (Å²) in [6, 6.07) is 4.28. The summed E-state index contributed by atoms with van der Waals surface area (Å²) in [7, 11) is 1.81. The largest absolute Gasteiger partial charge is 0.381 e. The molecule has 1 aliphatic rings. The second-order valence-corrected chi connectivity index (χ2v) is 5.05. The Balaban J connectivity index is 2.24. The maximum absolute atomic E-state index is 5.92. The number of hydrogen-bond acceptors (Lipinski definition) is 4. The lowest BCUT2D eigenvalue weighted by atomic mass is 9.82. The second-order valence-electron chi connectivity index (χ2n) is 5.05. The molecule has 1 saturated heterocycles. The lowest BCUT2D eigenvalue weighted by molar-refractivity contribution is -0.111. The first-order chi connectivity index (χ1) is 9.32. The van der Waals surface area contributed by atoms with Crippen LogP contribution in [0.15, 0.2) is 24.5 Å². The van der Waals surface area contributed by atoms with Crippen molar-refractivity contribution < 1.29 is 9.47 Å². The van der Waals surface area contributed by atoms with Crippen LogP contribution in [0.2, 0.25) is 0 Å². The van der Waals surface area contributed by atoms with Gasteiger partial charge in [0.15, 0.2) is 0 Å². The van der Waals surface area contributed by atoms with Gasteiger partial charge in [-0.3, -0.25) is 4.98 Å². The summed E-state index contributed by atoms with van der Waals surface area (Å²) in [5, 5.41) is 3.63. The fraction of sp³-hybridized carbons (Fsp3) is 0.667. The molecule has 1 aromatic heterocycles. The number of nitrogens with one attached hydrogen (secondary N) is 1. The lowest BCUT2D eigenvalue weighted by Crippen LogP contribution is -2.49. The highest BCUT2D eigenvalue weighted by molar-refractivity contribution is 5.19. The van der Waals surface area contributed by atoms with Gasteiger partial charge >= 0.3 is 0 Å². The number of pyridine rings is 1. The van der Waals surface area contributed by atoms with Crippen LogP contribution in [0.3, 0.4) is 0 Å². The van der Waals surface area contributed by atoms with Crippen LogP contribution in [0.25, 0.3) is 0 Å². The van der Waals surface area contributed by atoms with E-state index in [4.69, 9.17) is 9.47 Å². The molecule has 2 rings (SSSR count). The fourth-order valence-electron chi connectivity index (χ4n) is 2.77. The molecule has 19 heavy (non-hydrogen) atoms. The molecule has 1 fully saturated rings. The van der Waals surface area contributed by atoms with E-state index < -0.39 is 0 Å². The van der Waals surface area contributed by atoms with E-state index in [1.807, 2.05) is 25.6 Å². The van der Waals surface area contributed by atoms with Gasteiger partial charge in [-0.15, -0.1) is 0 Å².